The Morgan fingerprint density at radius 1 is 1.13 bits per heavy atom. The maximum Gasteiger partial charge on any atom is 0.433 e. The van der Waals surface area contributed by atoms with E-state index < -0.39 is 11.9 Å². The van der Waals surface area contributed by atoms with E-state index in [2.05, 4.69) is 15.0 Å². The minimum atomic E-state index is -4.49. The number of nitrogen functional groups attached to an aromatic ring is 1. The average Bonchev–Trinajstić information content (AvgIpc) is 2.16. The molecule has 0 saturated carbocycles. The second kappa shape index (κ2) is 3.04. The van der Waals surface area contributed by atoms with Crippen molar-refractivity contribution in [1.29, 1.82) is 0 Å². The first-order valence-corrected chi connectivity index (χ1v) is 3.93. The number of nitrogens with two attached hydrogens (primary N) is 1. The van der Waals surface area contributed by atoms with E-state index in [1.54, 1.807) is 0 Å². The highest BCUT2D eigenvalue weighted by atomic mass is 19.4. The van der Waals surface area contributed by atoms with E-state index in [1.807, 2.05) is 0 Å². The summed E-state index contributed by atoms with van der Waals surface area (Å²) in [5.41, 5.74) is 4.64. The highest BCUT2D eigenvalue weighted by Crippen LogP contribution is 2.29. The molecule has 0 unspecified atom stereocenters. The van der Waals surface area contributed by atoms with Gasteiger partial charge in [-0.2, -0.15) is 13.2 Å². The average molecular weight is 214 g/mol. The Labute approximate surface area is 82.0 Å². The molecule has 0 saturated heterocycles. The highest BCUT2D eigenvalue weighted by Gasteiger charge is 2.32. The molecular weight excluding hydrogens is 209 g/mol. The Bertz CT molecular complexity index is 509. The van der Waals surface area contributed by atoms with Gasteiger partial charge in [-0.1, -0.05) is 0 Å². The van der Waals surface area contributed by atoms with Crippen LogP contribution >= 0.6 is 0 Å². The molecule has 78 valence electrons. The summed E-state index contributed by atoms with van der Waals surface area (Å²) in [6, 6.07) is 2.07. The smallest absolute Gasteiger partial charge is 0.382 e. The Hall–Kier alpha value is -1.92. The Balaban J connectivity index is 2.70. The molecule has 15 heavy (non-hydrogen) atoms. The second-order valence-corrected chi connectivity index (χ2v) is 2.82. The molecule has 2 N–H and O–H groups in total. The fraction of sp³-hybridized carbons (Fsp3) is 0.125. The first kappa shape index (κ1) is 9.63. The van der Waals surface area contributed by atoms with E-state index in [0.29, 0.717) is 0 Å². The van der Waals surface area contributed by atoms with Crippen molar-refractivity contribution in [3.8, 4) is 0 Å². The lowest BCUT2D eigenvalue weighted by Gasteiger charge is -2.06. The van der Waals surface area contributed by atoms with Gasteiger partial charge in [0.15, 0.2) is 5.82 Å². The molecule has 4 nitrogen and oxygen atoms in total. The van der Waals surface area contributed by atoms with E-state index in [9.17, 15) is 13.2 Å². The standard InChI is InChI=1S/C8H5F3N4/c9-8(10,11)5-2-1-4-6(15-5)7(12)14-3-13-4/h1-3H,(H2,12,13,14). The molecule has 0 amide bonds. The molecule has 7 heteroatoms. The second-order valence-electron chi connectivity index (χ2n) is 2.82. The van der Waals surface area contributed by atoms with Crippen molar-refractivity contribution in [3.63, 3.8) is 0 Å². The van der Waals surface area contributed by atoms with Crippen molar-refractivity contribution in [1.82, 2.24) is 15.0 Å². The van der Waals surface area contributed by atoms with Crippen LogP contribution in [0, 0.1) is 0 Å². The van der Waals surface area contributed by atoms with Crippen LogP contribution in [0.25, 0.3) is 11.0 Å². The van der Waals surface area contributed by atoms with E-state index >= 15 is 0 Å². The lowest BCUT2D eigenvalue weighted by Crippen LogP contribution is -2.08. The number of fused-ring (bicyclic) bond motifs is 1. The monoisotopic (exact) mass is 214 g/mol. The molecule has 0 atom stereocenters. The summed E-state index contributed by atoms with van der Waals surface area (Å²) in [6.07, 6.45) is -3.32. The first-order valence-electron chi connectivity index (χ1n) is 3.93. The van der Waals surface area contributed by atoms with Gasteiger partial charge >= 0.3 is 6.18 Å². The van der Waals surface area contributed by atoms with Gasteiger partial charge in [0, 0.05) is 0 Å². The predicted octanol–water partition coefficient (Wildman–Crippen LogP) is 1.63. The summed E-state index contributed by atoms with van der Waals surface area (Å²) in [7, 11) is 0. The molecule has 0 aliphatic carbocycles. The van der Waals surface area contributed by atoms with Crippen LogP contribution in [0.2, 0.25) is 0 Å². The molecule has 0 aliphatic heterocycles. The van der Waals surface area contributed by atoms with Gasteiger partial charge in [-0.15, -0.1) is 0 Å². The predicted molar refractivity (Wildman–Crippen MR) is 46.7 cm³/mol. The van der Waals surface area contributed by atoms with Gasteiger partial charge < -0.3 is 5.73 Å². The van der Waals surface area contributed by atoms with Gasteiger partial charge in [-0.05, 0) is 12.1 Å². The first-order chi connectivity index (χ1) is 6.98. The van der Waals surface area contributed by atoms with Crippen molar-refractivity contribution in [3.05, 3.63) is 24.2 Å². The molecule has 0 fully saturated rings. The lowest BCUT2D eigenvalue weighted by molar-refractivity contribution is -0.140. The zero-order chi connectivity index (χ0) is 11.1. The number of hydrogen-bond donors (Lipinski definition) is 1. The van der Waals surface area contributed by atoms with E-state index in [-0.39, 0.29) is 16.9 Å². The largest absolute Gasteiger partial charge is 0.433 e. The number of hydrogen-bond acceptors (Lipinski definition) is 4. The Morgan fingerprint density at radius 3 is 2.53 bits per heavy atom. The van der Waals surface area contributed by atoms with Crippen LogP contribution in [0.1, 0.15) is 5.69 Å². The fourth-order valence-electron chi connectivity index (χ4n) is 1.12. The quantitative estimate of drug-likeness (QED) is 0.723. The third-order valence-electron chi connectivity index (χ3n) is 1.80. The van der Waals surface area contributed by atoms with Crippen LogP contribution in [0.15, 0.2) is 18.5 Å². The summed E-state index contributed by atoms with van der Waals surface area (Å²) in [4.78, 5) is 10.7. The molecule has 2 rings (SSSR count). The summed E-state index contributed by atoms with van der Waals surface area (Å²) in [5.74, 6) is -0.0638. The molecule has 0 spiro atoms. The van der Waals surface area contributed by atoms with Gasteiger partial charge in [-0.25, -0.2) is 15.0 Å². The van der Waals surface area contributed by atoms with E-state index in [1.165, 1.54) is 12.4 Å². The molecule has 2 aromatic heterocycles. The minimum absolute atomic E-state index is 0.0349. The summed E-state index contributed by atoms with van der Waals surface area (Å²) in [5, 5.41) is 0. The molecule has 0 aromatic carbocycles. The number of alkyl halides is 3. The number of halogens is 3. The van der Waals surface area contributed by atoms with Crippen molar-refractivity contribution < 1.29 is 13.2 Å². The van der Waals surface area contributed by atoms with Crippen molar-refractivity contribution in [2.45, 2.75) is 6.18 Å². The third-order valence-corrected chi connectivity index (χ3v) is 1.80. The maximum atomic E-state index is 12.3. The summed E-state index contributed by atoms with van der Waals surface area (Å²) < 4.78 is 36.9. The van der Waals surface area contributed by atoms with Gasteiger partial charge in [0.25, 0.3) is 0 Å². The van der Waals surface area contributed by atoms with Gasteiger partial charge in [0.2, 0.25) is 0 Å². The molecule has 2 heterocycles. The molecule has 0 bridgehead atoms. The number of nitrogens with zero attached hydrogens (tertiary/aromatic N) is 3. The third kappa shape index (κ3) is 1.67. The van der Waals surface area contributed by atoms with Crippen molar-refractivity contribution in [2.75, 3.05) is 5.73 Å². The van der Waals surface area contributed by atoms with Gasteiger partial charge in [0.1, 0.15) is 17.5 Å². The summed E-state index contributed by atoms with van der Waals surface area (Å²) >= 11 is 0. The normalized spacial score (nSPS) is 11.9. The van der Waals surface area contributed by atoms with Crippen molar-refractivity contribution >= 4 is 16.9 Å². The Morgan fingerprint density at radius 2 is 1.87 bits per heavy atom. The number of rotatable bonds is 0. The molecular formula is C8H5F3N4. The molecule has 0 aliphatic rings. The molecule has 2 aromatic rings. The molecule has 0 radical (unpaired) electrons. The van der Waals surface area contributed by atoms with Crippen LogP contribution in [0.3, 0.4) is 0 Å². The number of aromatic nitrogens is 3. The topological polar surface area (TPSA) is 64.7 Å². The van der Waals surface area contributed by atoms with E-state index in [0.717, 1.165) is 6.07 Å². The van der Waals surface area contributed by atoms with Crippen molar-refractivity contribution in [2.24, 2.45) is 0 Å². The maximum absolute atomic E-state index is 12.3. The zero-order valence-corrected chi connectivity index (χ0v) is 7.28. The zero-order valence-electron chi connectivity index (χ0n) is 7.28. The van der Waals surface area contributed by atoms with Crippen LogP contribution in [-0.4, -0.2) is 15.0 Å². The van der Waals surface area contributed by atoms with E-state index in [4.69, 9.17) is 5.73 Å². The van der Waals surface area contributed by atoms with Gasteiger partial charge in [0.05, 0.1) is 5.52 Å². The minimum Gasteiger partial charge on any atom is -0.382 e. The SMILES string of the molecule is Nc1ncnc2ccc(C(F)(F)F)nc12. The van der Waals surface area contributed by atoms with Crippen LogP contribution in [-0.2, 0) is 6.18 Å². The van der Waals surface area contributed by atoms with Crippen LogP contribution < -0.4 is 5.73 Å². The summed E-state index contributed by atoms with van der Waals surface area (Å²) in [6.45, 7) is 0. The van der Waals surface area contributed by atoms with Crippen LogP contribution in [0.5, 0.6) is 0 Å². The Kier molecular flexibility index (Phi) is 1.95. The number of anilines is 1. The fourth-order valence-corrected chi connectivity index (χ4v) is 1.12. The lowest BCUT2D eigenvalue weighted by atomic mass is 10.3. The van der Waals surface area contributed by atoms with Gasteiger partial charge in [-0.3, -0.25) is 0 Å². The van der Waals surface area contributed by atoms with Crippen LogP contribution in [0.4, 0.5) is 19.0 Å². The number of pyridine rings is 1. The highest BCUT2D eigenvalue weighted by molar-refractivity contribution is 5.83.